The van der Waals surface area contributed by atoms with Crippen LogP contribution in [-0.4, -0.2) is 32.8 Å². The van der Waals surface area contributed by atoms with Crippen LogP contribution in [0.5, 0.6) is 0 Å². The summed E-state index contributed by atoms with van der Waals surface area (Å²) in [7, 11) is -2.13. The van der Waals surface area contributed by atoms with Gasteiger partial charge in [-0.1, -0.05) is 54.1 Å². The van der Waals surface area contributed by atoms with Gasteiger partial charge in [-0.3, -0.25) is 9.10 Å². The normalized spacial score (nSPS) is 17.2. The van der Waals surface area contributed by atoms with Gasteiger partial charge >= 0.3 is 0 Å². The van der Waals surface area contributed by atoms with Gasteiger partial charge in [-0.2, -0.15) is 0 Å². The molecule has 0 spiro atoms. The van der Waals surface area contributed by atoms with Crippen LogP contribution in [0.3, 0.4) is 0 Å². The predicted octanol–water partition coefficient (Wildman–Crippen LogP) is 4.85. The molecule has 0 N–H and O–H groups in total. The minimum absolute atomic E-state index is 0.0279. The van der Waals surface area contributed by atoms with Crippen molar-refractivity contribution in [3.8, 4) is 0 Å². The van der Waals surface area contributed by atoms with E-state index in [1.807, 2.05) is 30.3 Å². The Balaban J connectivity index is 1.47. The zero-order valence-electron chi connectivity index (χ0n) is 17.7. The summed E-state index contributed by atoms with van der Waals surface area (Å²) in [5, 5.41) is 0.111. The van der Waals surface area contributed by atoms with Crippen LogP contribution in [0.15, 0.2) is 71.6 Å². The van der Waals surface area contributed by atoms with Crippen molar-refractivity contribution in [2.75, 3.05) is 17.9 Å². The van der Waals surface area contributed by atoms with E-state index in [0.717, 1.165) is 24.0 Å². The molecule has 0 radical (unpaired) electrons. The monoisotopic (exact) mass is 466 g/mol. The molecule has 1 unspecified atom stereocenters. The van der Waals surface area contributed by atoms with Gasteiger partial charge in [-0.05, 0) is 60.2 Å². The molecule has 2 aliphatic rings. The molecule has 3 aromatic carbocycles. The number of halogens is 1. The molecular weight excluding hydrogens is 444 g/mol. The van der Waals surface area contributed by atoms with Crippen LogP contribution in [0.2, 0.25) is 5.02 Å². The Bertz CT molecular complexity index is 1320. The second kappa shape index (κ2) is 7.94. The highest BCUT2D eigenvalue weighted by molar-refractivity contribution is 7.93. The van der Waals surface area contributed by atoms with Gasteiger partial charge in [-0.15, -0.1) is 0 Å². The Labute approximate surface area is 193 Å². The maximum absolute atomic E-state index is 13.5. The van der Waals surface area contributed by atoms with Crippen LogP contribution in [0.1, 0.15) is 39.5 Å². The molecule has 1 aliphatic carbocycles. The highest BCUT2D eigenvalue weighted by atomic mass is 35.5. The van der Waals surface area contributed by atoms with Crippen molar-refractivity contribution in [3.05, 3.63) is 94.0 Å². The van der Waals surface area contributed by atoms with E-state index in [0.29, 0.717) is 24.2 Å². The lowest BCUT2D eigenvalue weighted by molar-refractivity contribution is 0.0730. The average molecular weight is 467 g/mol. The van der Waals surface area contributed by atoms with E-state index in [1.54, 1.807) is 24.1 Å². The quantitative estimate of drug-likeness (QED) is 0.552. The number of benzene rings is 3. The zero-order chi connectivity index (χ0) is 22.5. The van der Waals surface area contributed by atoms with Crippen LogP contribution in [0.25, 0.3) is 0 Å². The highest BCUT2D eigenvalue weighted by Crippen LogP contribution is 2.37. The Morgan fingerprint density at radius 1 is 1.00 bits per heavy atom. The summed E-state index contributed by atoms with van der Waals surface area (Å²) < 4.78 is 28.4. The standard InChI is InChI=1S/C25H23ClN2O3S/c1-27(23-13-11-17-6-2-4-8-20(17)23)25(29)19-10-12-21(26)24(16-19)32(30,31)28-15-14-18-7-3-5-9-22(18)28/h2-10,12,16,23H,11,13-15H2,1H3. The average Bonchev–Trinajstić information content (AvgIpc) is 3.43. The van der Waals surface area contributed by atoms with Gasteiger partial charge in [0, 0.05) is 19.2 Å². The molecule has 7 heteroatoms. The number of hydrogen-bond acceptors (Lipinski definition) is 3. The topological polar surface area (TPSA) is 57.7 Å². The van der Waals surface area contributed by atoms with Gasteiger partial charge in [0.25, 0.3) is 15.9 Å². The maximum Gasteiger partial charge on any atom is 0.265 e. The van der Waals surface area contributed by atoms with E-state index in [4.69, 9.17) is 11.6 Å². The van der Waals surface area contributed by atoms with Crippen molar-refractivity contribution in [2.45, 2.75) is 30.2 Å². The first-order chi connectivity index (χ1) is 15.4. The molecular formula is C25H23ClN2O3S. The third-order valence-corrected chi connectivity index (χ3v) is 8.77. The molecule has 0 aromatic heterocycles. The Morgan fingerprint density at radius 2 is 1.72 bits per heavy atom. The molecule has 1 atom stereocenters. The number of carbonyl (C=O) groups excluding carboxylic acids is 1. The molecule has 0 fully saturated rings. The van der Waals surface area contributed by atoms with Crippen molar-refractivity contribution in [1.29, 1.82) is 0 Å². The second-order valence-corrected chi connectivity index (χ2v) is 10.5. The van der Waals surface area contributed by atoms with Crippen LogP contribution in [0.4, 0.5) is 5.69 Å². The van der Waals surface area contributed by atoms with E-state index in [2.05, 4.69) is 12.1 Å². The first-order valence-electron chi connectivity index (χ1n) is 10.6. The molecule has 1 aliphatic heterocycles. The molecule has 32 heavy (non-hydrogen) atoms. The van der Waals surface area contributed by atoms with Crippen LogP contribution >= 0.6 is 11.6 Å². The summed E-state index contributed by atoms with van der Waals surface area (Å²) in [5.41, 5.74) is 4.37. The minimum atomic E-state index is -3.90. The Kier molecular flexibility index (Phi) is 5.22. The summed E-state index contributed by atoms with van der Waals surface area (Å²) in [5.74, 6) is -0.221. The van der Waals surface area contributed by atoms with E-state index in [1.165, 1.54) is 22.0 Å². The molecule has 0 saturated carbocycles. The van der Waals surface area contributed by atoms with Crippen molar-refractivity contribution < 1.29 is 13.2 Å². The first kappa shape index (κ1) is 21.0. The largest absolute Gasteiger partial charge is 0.335 e. The van der Waals surface area contributed by atoms with Crippen LogP contribution < -0.4 is 4.31 Å². The van der Waals surface area contributed by atoms with Gasteiger partial charge < -0.3 is 4.90 Å². The van der Waals surface area contributed by atoms with Gasteiger partial charge in [0.05, 0.1) is 16.8 Å². The van der Waals surface area contributed by atoms with Crippen LogP contribution in [0, 0.1) is 0 Å². The van der Waals surface area contributed by atoms with Crippen molar-refractivity contribution in [3.63, 3.8) is 0 Å². The van der Waals surface area contributed by atoms with Crippen LogP contribution in [-0.2, 0) is 22.9 Å². The molecule has 164 valence electrons. The lowest BCUT2D eigenvalue weighted by Crippen LogP contribution is -2.31. The van der Waals surface area contributed by atoms with Gasteiger partial charge in [-0.25, -0.2) is 8.42 Å². The van der Waals surface area contributed by atoms with Gasteiger partial charge in [0.2, 0.25) is 0 Å². The zero-order valence-corrected chi connectivity index (χ0v) is 19.2. The van der Waals surface area contributed by atoms with Gasteiger partial charge in [0.1, 0.15) is 4.90 Å². The van der Waals surface area contributed by atoms with E-state index < -0.39 is 10.0 Å². The minimum Gasteiger partial charge on any atom is -0.335 e. The molecule has 0 saturated heterocycles. The van der Waals surface area contributed by atoms with Crippen molar-refractivity contribution in [1.82, 2.24) is 4.90 Å². The number of amides is 1. The van der Waals surface area contributed by atoms with Crippen molar-refractivity contribution in [2.24, 2.45) is 0 Å². The fraction of sp³-hybridized carbons (Fsp3) is 0.240. The molecule has 1 amide bonds. The Hall–Kier alpha value is -2.83. The maximum atomic E-state index is 13.5. The lowest BCUT2D eigenvalue weighted by atomic mass is 10.1. The number of hydrogen-bond donors (Lipinski definition) is 0. The smallest absolute Gasteiger partial charge is 0.265 e. The van der Waals surface area contributed by atoms with E-state index >= 15 is 0 Å². The number of para-hydroxylation sites is 1. The number of carbonyl (C=O) groups is 1. The summed E-state index contributed by atoms with van der Waals surface area (Å²) in [6.45, 7) is 0.356. The number of sulfonamides is 1. The fourth-order valence-electron chi connectivity index (χ4n) is 4.79. The molecule has 0 bridgehead atoms. The van der Waals surface area contributed by atoms with Gasteiger partial charge in [0.15, 0.2) is 0 Å². The van der Waals surface area contributed by atoms with Crippen molar-refractivity contribution >= 4 is 33.2 Å². The predicted molar refractivity (Wildman–Crippen MR) is 126 cm³/mol. The Morgan fingerprint density at radius 3 is 2.53 bits per heavy atom. The summed E-state index contributed by atoms with van der Waals surface area (Å²) in [6, 6.07) is 20.1. The third-order valence-electron chi connectivity index (χ3n) is 6.48. The highest BCUT2D eigenvalue weighted by Gasteiger charge is 2.34. The SMILES string of the molecule is CN(C(=O)c1ccc(Cl)c(S(=O)(=O)N2CCc3ccccc32)c1)C1CCc2ccccc21. The summed E-state index contributed by atoms with van der Waals surface area (Å²) in [4.78, 5) is 15.0. The number of rotatable bonds is 4. The second-order valence-electron chi connectivity index (χ2n) is 8.27. The number of nitrogens with zero attached hydrogens (tertiary/aromatic N) is 2. The number of fused-ring (bicyclic) bond motifs is 2. The first-order valence-corrected chi connectivity index (χ1v) is 12.4. The third kappa shape index (κ3) is 3.38. The van der Waals surface area contributed by atoms with E-state index in [-0.39, 0.29) is 21.9 Å². The lowest BCUT2D eigenvalue weighted by Gasteiger charge is -2.26. The summed E-state index contributed by atoms with van der Waals surface area (Å²) in [6.07, 6.45) is 2.42. The molecule has 3 aromatic rings. The molecule has 5 rings (SSSR count). The summed E-state index contributed by atoms with van der Waals surface area (Å²) >= 11 is 6.33. The molecule has 1 heterocycles. The molecule has 5 nitrogen and oxygen atoms in total. The number of aryl methyl sites for hydroxylation is 1. The van der Waals surface area contributed by atoms with E-state index in [9.17, 15) is 13.2 Å². The number of anilines is 1. The fourth-order valence-corrected chi connectivity index (χ4v) is 6.80.